The molecule has 0 aliphatic carbocycles. The minimum Gasteiger partial charge on any atom is -0.504 e. The van der Waals surface area contributed by atoms with Crippen molar-refractivity contribution in [3.05, 3.63) is 53.6 Å². The molecule has 0 aliphatic heterocycles. The molecule has 0 atom stereocenters. The van der Waals surface area contributed by atoms with Crippen LogP contribution in [0.5, 0.6) is 23.0 Å². The number of esters is 1. The molecule has 0 spiro atoms. The molecule has 0 saturated heterocycles. The third-order valence-corrected chi connectivity index (χ3v) is 3.72. The number of carbonyl (C=O) groups excluding carboxylic acids is 1. The zero-order chi connectivity index (χ0) is 26.1. The third kappa shape index (κ3) is 14.0. The molecule has 0 heterocycles. The Morgan fingerprint density at radius 1 is 0.853 bits per heavy atom. The first-order chi connectivity index (χ1) is 16.0. The van der Waals surface area contributed by atoms with Gasteiger partial charge < -0.3 is 34.6 Å². The lowest BCUT2D eigenvalue weighted by Gasteiger charge is -2.06. The summed E-state index contributed by atoms with van der Waals surface area (Å²) in [5.74, 6) is -1.08. The van der Waals surface area contributed by atoms with Crippen molar-refractivity contribution in [3.63, 3.8) is 0 Å². The van der Waals surface area contributed by atoms with Crippen molar-refractivity contribution in [2.45, 2.75) is 26.7 Å². The Kier molecular flexibility index (Phi) is 14.4. The van der Waals surface area contributed by atoms with Crippen molar-refractivity contribution in [1.29, 1.82) is 0 Å². The number of phenolic OH excluding ortho intramolecular Hbond substituents is 2. The van der Waals surface area contributed by atoms with E-state index in [2.05, 4.69) is 0 Å². The Morgan fingerprint density at radius 3 is 1.88 bits per heavy atom. The first-order valence-electron chi connectivity index (χ1n) is 9.94. The van der Waals surface area contributed by atoms with E-state index in [0.717, 1.165) is 25.0 Å². The molecule has 10 nitrogen and oxygen atoms in total. The third-order valence-electron chi connectivity index (χ3n) is 3.72. The highest BCUT2D eigenvalue weighted by molar-refractivity contribution is 5.70. The molecule has 4 N–H and O–H groups in total. The van der Waals surface area contributed by atoms with Gasteiger partial charge in [-0.3, -0.25) is 14.4 Å². The summed E-state index contributed by atoms with van der Waals surface area (Å²) in [5.41, 5.74) is 1.70. The molecule has 2 rings (SSSR count). The van der Waals surface area contributed by atoms with Crippen LogP contribution in [-0.2, 0) is 25.5 Å². The molecule has 0 aromatic heterocycles. The lowest BCUT2D eigenvalue weighted by molar-refractivity contribution is -0.142. The van der Waals surface area contributed by atoms with Crippen LogP contribution in [0.4, 0.5) is 0 Å². The predicted octanol–water partition coefficient (Wildman–Crippen LogP) is 3.49. The van der Waals surface area contributed by atoms with Crippen molar-refractivity contribution in [2.24, 2.45) is 0 Å². The van der Waals surface area contributed by atoms with Gasteiger partial charge in [-0.25, -0.2) is 0 Å². The second-order valence-corrected chi connectivity index (χ2v) is 6.56. The van der Waals surface area contributed by atoms with Crippen molar-refractivity contribution >= 4 is 24.0 Å². The number of aliphatic carboxylic acids is 2. The van der Waals surface area contributed by atoms with E-state index in [0.29, 0.717) is 17.9 Å². The number of benzene rings is 2. The number of aromatic hydroxyl groups is 2. The van der Waals surface area contributed by atoms with Crippen molar-refractivity contribution in [1.82, 2.24) is 0 Å². The Hall–Kier alpha value is -4.21. The molecule has 186 valence electrons. The average molecular weight is 478 g/mol. The maximum Gasteiger partial charge on any atom is 0.306 e. The summed E-state index contributed by atoms with van der Waals surface area (Å²) >= 11 is 0. The first kappa shape index (κ1) is 29.8. The molecule has 0 amide bonds. The summed E-state index contributed by atoms with van der Waals surface area (Å²) in [6, 6.07) is 9.93. The topological polar surface area (TPSA) is 160 Å². The number of carboxylic acid groups (broad SMARTS) is 2. The molecule has 0 unspecified atom stereocenters. The standard InChI is InChI=1S/C20H22O6.2C2H4O2/c1-24-18-12-14(5-8-16(18)21)4-3-11-26-20(23)10-7-15-6-9-17(22)19(13-15)25-2;2*1-2(3)4/h3-6,8-9,12-13,21-22H,7,10-11H2,1-2H3;2*1H3,(H,3,4)/b4-3+;;. The Labute approximate surface area is 197 Å². The summed E-state index contributed by atoms with van der Waals surface area (Å²) in [7, 11) is 2.96. The van der Waals surface area contributed by atoms with E-state index in [4.69, 9.17) is 34.0 Å². The summed E-state index contributed by atoms with van der Waals surface area (Å²) in [4.78, 5) is 29.8. The molecular weight excluding hydrogens is 448 g/mol. The maximum absolute atomic E-state index is 11.8. The van der Waals surface area contributed by atoms with Crippen LogP contribution in [0.2, 0.25) is 0 Å². The second kappa shape index (κ2) is 16.4. The largest absolute Gasteiger partial charge is 0.504 e. The lowest BCUT2D eigenvalue weighted by Crippen LogP contribution is -2.05. The van der Waals surface area contributed by atoms with Crippen molar-refractivity contribution in [2.75, 3.05) is 20.8 Å². The van der Waals surface area contributed by atoms with Crippen LogP contribution in [0, 0.1) is 0 Å². The van der Waals surface area contributed by atoms with Gasteiger partial charge in [0.2, 0.25) is 0 Å². The second-order valence-electron chi connectivity index (χ2n) is 6.56. The molecular formula is C24H30O10. The normalized spacial score (nSPS) is 9.65. The number of carboxylic acids is 2. The zero-order valence-electron chi connectivity index (χ0n) is 19.5. The smallest absolute Gasteiger partial charge is 0.306 e. The minimum absolute atomic E-state index is 0.0647. The fourth-order valence-electron chi connectivity index (χ4n) is 2.32. The number of rotatable bonds is 8. The van der Waals surface area contributed by atoms with Crippen LogP contribution >= 0.6 is 0 Å². The van der Waals surface area contributed by atoms with Gasteiger partial charge in [0.25, 0.3) is 11.9 Å². The fraction of sp³-hybridized carbons (Fsp3) is 0.292. The van der Waals surface area contributed by atoms with Gasteiger partial charge in [-0.05, 0) is 47.9 Å². The molecule has 34 heavy (non-hydrogen) atoms. The summed E-state index contributed by atoms with van der Waals surface area (Å²) < 4.78 is 15.2. The Bertz CT molecular complexity index is 946. The van der Waals surface area contributed by atoms with Crippen molar-refractivity contribution in [3.8, 4) is 23.0 Å². The first-order valence-corrected chi connectivity index (χ1v) is 9.94. The van der Waals surface area contributed by atoms with Crippen LogP contribution in [0.1, 0.15) is 31.4 Å². The maximum atomic E-state index is 11.8. The van der Waals surface area contributed by atoms with Gasteiger partial charge in [0.1, 0.15) is 6.61 Å². The van der Waals surface area contributed by atoms with Gasteiger partial charge in [0.15, 0.2) is 23.0 Å². The molecule has 0 fully saturated rings. The number of aryl methyl sites for hydroxylation is 1. The summed E-state index contributed by atoms with van der Waals surface area (Å²) in [6.07, 6.45) is 4.22. The summed E-state index contributed by atoms with van der Waals surface area (Å²) in [6.45, 7) is 2.32. The van der Waals surface area contributed by atoms with E-state index < -0.39 is 11.9 Å². The molecule has 0 aliphatic rings. The molecule has 2 aromatic carbocycles. The number of hydrogen-bond donors (Lipinski definition) is 4. The highest BCUT2D eigenvalue weighted by Crippen LogP contribution is 2.27. The number of hydrogen-bond acceptors (Lipinski definition) is 8. The average Bonchev–Trinajstić information content (AvgIpc) is 2.76. The molecule has 0 saturated carbocycles. The van der Waals surface area contributed by atoms with Gasteiger partial charge in [-0.2, -0.15) is 0 Å². The number of methoxy groups -OCH3 is 2. The molecule has 2 aromatic rings. The van der Waals surface area contributed by atoms with E-state index in [1.54, 1.807) is 36.4 Å². The predicted molar refractivity (Wildman–Crippen MR) is 124 cm³/mol. The summed E-state index contributed by atoms with van der Waals surface area (Å²) in [5, 5.41) is 33.9. The highest BCUT2D eigenvalue weighted by Gasteiger charge is 2.06. The van der Waals surface area contributed by atoms with Crippen LogP contribution < -0.4 is 9.47 Å². The van der Waals surface area contributed by atoms with E-state index in [1.807, 2.05) is 0 Å². The quantitative estimate of drug-likeness (QED) is 0.414. The van der Waals surface area contributed by atoms with Crippen LogP contribution in [-0.4, -0.2) is 59.2 Å². The molecule has 10 heteroatoms. The molecule has 0 bridgehead atoms. The Balaban J connectivity index is 0.00000118. The van der Waals surface area contributed by atoms with Crippen molar-refractivity contribution < 1.29 is 49.0 Å². The fourth-order valence-corrected chi connectivity index (χ4v) is 2.32. The lowest BCUT2D eigenvalue weighted by atomic mass is 10.1. The van der Waals surface area contributed by atoms with Gasteiger partial charge in [-0.1, -0.05) is 18.2 Å². The number of carbonyl (C=O) groups is 3. The van der Waals surface area contributed by atoms with Crippen LogP contribution in [0.3, 0.4) is 0 Å². The minimum atomic E-state index is -0.833. The van der Waals surface area contributed by atoms with Gasteiger partial charge in [0.05, 0.1) is 14.2 Å². The van der Waals surface area contributed by atoms with E-state index >= 15 is 0 Å². The monoisotopic (exact) mass is 478 g/mol. The highest BCUT2D eigenvalue weighted by atomic mass is 16.5. The SMILES string of the molecule is CC(=O)O.CC(=O)O.COc1cc(/C=C/COC(=O)CCc2ccc(O)c(OC)c2)ccc1O. The van der Waals surface area contributed by atoms with E-state index in [1.165, 1.54) is 26.4 Å². The van der Waals surface area contributed by atoms with Crippen LogP contribution in [0.15, 0.2) is 42.5 Å². The number of phenols is 2. The van der Waals surface area contributed by atoms with Crippen LogP contribution in [0.25, 0.3) is 6.08 Å². The van der Waals surface area contributed by atoms with Gasteiger partial charge in [0, 0.05) is 20.3 Å². The molecule has 0 radical (unpaired) electrons. The Morgan fingerprint density at radius 2 is 1.35 bits per heavy atom. The zero-order valence-corrected chi connectivity index (χ0v) is 19.5. The van der Waals surface area contributed by atoms with E-state index in [9.17, 15) is 15.0 Å². The van der Waals surface area contributed by atoms with E-state index in [-0.39, 0.29) is 30.5 Å². The van der Waals surface area contributed by atoms with Gasteiger partial charge in [-0.15, -0.1) is 0 Å². The number of ether oxygens (including phenoxy) is 3. The van der Waals surface area contributed by atoms with Gasteiger partial charge >= 0.3 is 5.97 Å².